The lowest BCUT2D eigenvalue weighted by molar-refractivity contribution is 0.836. The Morgan fingerprint density at radius 1 is 1.06 bits per heavy atom. The predicted molar refractivity (Wildman–Crippen MR) is 72.1 cm³/mol. The monoisotopic (exact) mass is 224 g/mol. The van der Waals surface area contributed by atoms with Gasteiger partial charge in [0.05, 0.1) is 0 Å². The minimum Gasteiger partial charge on any atom is -0.399 e. The number of anilines is 2. The Bertz CT molecular complexity index is 534. The van der Waals surface area contributed by atoms with Crippen molar-refractivity contribution in [1.82, 2.24) is 0 Å². The topological polar surface area (TPSA) is 29.3 Å². The lowest BCUT2D eigenvalue weighted by atomic mass is 10.1. The van der Waals surface area contributed by atoms with Crippen LogP contribution in [0.3, 0.4) is 0 Å². The van der Waals surface area contributed by atoms with E-state index >= 15 is 0 Å². The van der Waals surface area contributed by atoms with Crippen molar-refractivity contribution in [3.05, 3.63) is 59.7 Å². The van der Waals surface area contributed by atoms with Crippen LogP contribution < -0.4 is 10.6 Å². The first-order chi connectivity index (χ1) is 8.33. The van der Waals surface area contributed by atoms with Crippen molar-refractivity contribution in [2.75, 3.05) is 17.2 Å². The maximum atomic E-state index is 5.81. The van der Waals surface area contributed by atoms with Crippen LogP contribution in [-0.4, -0.2) is 6.54 Å². The van der Waals surface area contributed by atoms with Gasteiger partial charge >= 0.3 is 0 Å². The third kappa shape index (κ3) is 1.98. The molecule has 0 radical (unpaired) electrons. The molecule has 2 nitrogen and oxygen atoms in total. The zero-order valence-corrected chi connectivity index (χ0v) is 9.76. The summed E-state index contributed by atoms with van der Waals surface area (Å²) in [6.07, 6.45) is 1.15. The molecular weight excluding hydrogens is 208 g/mol. The van der Waals surface area contributed by atoms with Gasteiger partial charge in [0, 0.05) is 24.5 Å². The van der Waals surface area contributed by atoms with Gasteiger partial charge < -0.3 is 10.6 Å². The minimum atomic E-state index is 0.843. The largest absolute Gasteiger partial charge is 0.399 e. The normalized spacial score (nSPS) is 13.8. The van der Waals surface area contributed by atoms with Crippen molar-refractivity contribution in [2.24, 2.45) is 0 Å². The first-order valence-corrected chi connectivity index (χ1v) is 6.00. The summed E-state index contributed by atoms with van der Waals surface area (Å²) in [7, 11) is 0. The molecule has 0 aliphatic carbocycles. The maximum Gasteiger partial charge on any atom is 0.0430 e. The molecular formula is C15H16N2. The van der Waals surface area contributed by atoms with Gasteiger partial charge in [0.2, 0.25) is 0 Å². The third-order valence-corrected chi connectivity index (χ3v) is 3.31. The van der Waals surface area contributed by atoms with E-state index < -0.39 is 0 Å². The van der Waals surface area contributed by atoms with Crippen LogP contribution in [0.25, 0.3) is 0 Å². The van der Waals surface area contributed by atoms with Crippen LogP contribution in [0.5, 0.6) is 0 Å². The van der Waals surface area contributed by atoms with Gasteiger partial charge in [-0.05, 0) is 35.7 Å². The molecule has 0 amide bonds. The second-order valence-electron chi connectivity index (χ2n) is 4.55. The Labute approximate surface area is 102 Å². The van der Waals surface area contributed by atoms with E-state index in [1.165, 1.54) is 16.8 Å². The predicted octanol–water partition coefficient (Wildman–Crippen LogP) is 2.83. The van der Waals surface area contributed by atoms with Gasteiger partial charge in [-0.2, -0.15) is 0 Å². The molecule has 0 fully saturated rings. The molecule has 0 saturated heterocycles. The highest BCUT2D eigenvalue weighted by atomic mass is 15.1. The van der Waals surface area contributed by atoms with Crippen molar-refractivity contribution in [3.63, 3.8) is 0 Å². The third-order valence-electron chi connectivity index (χ3n) is 3.31. The summed E-state index contributed by atoms with van der Waals surface area (Å²) in [5.74, 6) is 0. The second-order valence-corrected chi connectivity index (χ2v) is 4.55. The standard InChI is InChI=1S/C15H16N2/c16-14-6-3-4-12(10-14)11-17-9-8-13-5-1-2-7-15(13)17/h1-7,10H,8-9,11,16H2. The maximum absolute atomic E-state index is 5.81. The molecule has 17 heavy (non-hydrogen) atoms. The number of nitrogen functional groups attached to an aromatic ring is 1. The van der Waals surface area contributed by atoms with Crippen molar-refractivity contribution >= 4 is 11.4 Å². The highest BCUT2D eigenvalue weighted by Crippen LogP contribution is 2.28. The van der Waals surface area contributed by atoms with Gasteiger partial charge in [0.1, 0.15) is 0 Å². The Hall–Kier alpha value is -1.96. The zero-order chi connectivity index (χ0) is 11.7. The van der Waals surface area contributed by atoms with E-state index in [1.54, 1.807) is 0 Å². The van der Waals surface area contributed by atoms with Gasteiger partial charge in [-0.25, -0.2) is 0 Å². The number of nitrogens with zero attached hydrogens (tertiary/aromatic N) is 1. The molecule has 1 heterocycles. The number of rotatable bonds is 2. The van der Waals surface area contributed by atoms with Crippen LogP contribution >= 0.6 is 0 Å². The molecule has 2 aromatic carbocycles. The highest BCUT2D eigenvalue weighted by molar-refractivity contribution is 5.58. The Morgan fingerprint density at radius 3 is 2.82 bits per heavy atom. The van der Waals surface area contributed by atoms with E-state index in [0.717, 1.165) is 25.2 Å². The molecule has 2 heteroatoms. The fourth-order valence-electron chi connectivity index (χ4n) is 2.48. The van der Waals surface area contributed by atoms with Crippen LogP contribution in [0, 0.1) is 0 Å². The summed E-state index contributed by atoms with van der Waals surface area (Å²) in [4.78, 5) is 2.42. The summed E-state index contributed by atoms with van der Waals surface area (Å²) in [6.45, 7) is 2.05. The van der Waals surface area contributed by atoms with E-state index in [9.17, 15) is 0 Å². The van der Waals surface area contributed by atoms with E-state index in [4.69, 9.17) is 5.73 Å². The van der Waals surface area contributed by atoms with Crippen molar-refractivity contribution in [2.45, 2.75) is 13.0 Å². The Kier molecular flexibility index (Phi) is 2.48. The highest BCUT2D eigenvalue weighted by Gasteiger charge is 2.17. The average Bonchev–Trinajstić information content (AvgIpc) is 2.73. The minimum absolute atomic E-state index is 0.843. The lowest BCUT2D eigenvalue weighted by Crippen LogP contribution is -2.19. The van der Waals surface area contributed by atoms with E-state index in [2.05, 4.69) is 41.3 Å². The van der Waals surface area contributed by atoms with E-state index in [1.807, 2.05) is 12.1 Å². The first-order valence-electron chi connectivity index (χ1n) is 6.00. The van der Waals surface area contributed by atoms with Crippen LogP contribution in [0.4, 0.5) is 11.4 Å². The van der Waals surface area contributed by atoms with Crippen molar-refractivity contribution in [1.29, 1.82) is 0 Å². The zero-order valence-electron chi connectivity index (χ0n) is 9.76. The van der Waals surface area contributed by atoms with Crippen LogP contribution in [-0.2, 0) is 13.0 Å². The van der Waals surface area contributed by atoms with Gasteiger partial charge in [-0.1, -0.05) is 30.3 Å². The fourth-order valence-corrected chi connectivity index (χ4v) is 2.48. The summed E-state index contributed by atoms with van der Waals surface area (Å²) in [5, 5.41) is 0. The van der Waals surface area contributed by atoms with Gasteiger partial charge in [0.15, 0.2) is 0 Å². The van der Waals surface area contributed by atoms with Crippen LogP contribution in [0.2, 0.25) is 0 Å². The number of nitrogens with two attached hydrogens (primary N) is 1. The summed E-state index contributed by atoms with van der Waals surface area (Å²) in [5.41, 5.74) is 10.8. The summed E-state index contributed by atoms with van der Waals surface area (Å²) >= 11 is 0. The van der Waals surface area contributed by atoms with Crippen LogP contribution in [0.1, 0.15) is 11.1 Å². The van der Waals surface area contributed by atoms with Crippen molar-refractivity contribution in [3.8, 4) is 0 Å². The van der Waals surface area contributed by atoms with Gasteiger partial charge in [-0.3, -0.25) is 0 Å². The molecule has 0 spiro atoms. The molecule has 86 valence electrons. The molecule has 3 rings (SSSR count). The molecule has 2 N–H and O–H groups in total. The van der Waals surface area contributed by atoms with Gasteiger partial charge in [-0.15, -0.1) is 0 Å². The van der Waals surface area contributed by atoms with Crippen molar-refractivity contribution < 1.29 is 0 Å². The molecule has 0 unspecified atom stereocenters. The molecule has 0 bridgehead atoms. The molecule has 0 saturated carbocycles. The average molecular weight is 224 g/mol. The quantitative estimate of drug-likeness (QED) is 0.795. The Morgan fingerprint density at radius 2 is 1.94 bits per heavy atom. The number of benzene rings is 2. The van der Waals surface area contributed by atoms with E-state index in [0.29, 0.717) is 0 Å². The number of hydrogen-bond donors (Lipinski definition) is 1. The SMILES string of the molecule is Nc1cccc(CN2CCc3ccccc32)c1. The molecule has 0 atom stereocenters. The molecule has 1 aliphatic heterocycles. The molecule has 0 aromatic heterocycles. The smallest absolute Gasteiger partial charge is 0.0430 e. The number of fused-ring (bicyclic) bond motifs is 1. The first kappa shape index (κ1) is 10.2. The molecule has 2 aromatic rings. The Balaban J connectivity index is 1.84. The number of para-hydroxylation sites is 1. The van der Waals surface area contributed by atoms with Gasteiger partial charge in [0.25, 0.3) is 0 Å². The molecule has 1 aliphatic rings. The number of hydrogen-bond acceptors (Lipinski definition) is 2. The second kappa shape index (κ2) is 4.13. The summed E-state index contributed by atoms with van der Waals surface area (Å²) in [6, 6.07) is 16.8. The fraction of sp³-hybridized carbons (Fsp3) is 0.200. The summed E-state index contributed by atoms with van der Waals surface area (Å²) < 4.78 is 0. The van der Waals surface area contributed by atoms with E-state index in [-0.39, 0.29) is 0 Å². The lowest BCUT2D eigenvalue weighted by Gasteiger charge is -2.19. The van der Waals surface area contributed by atoms with Crippen LogP contribution in [0.15, 0.2) is 48.5 Å².